The predicted molar refractivity (Wildman–Crippen MR) is 115 cm³/mol. The molecule has 0 atom stereocenters. The summed E-state index contributed by atoms with van der Waals surface area (Å²) >= 11 is 6.97. The highest BCUT2D eigenvalue weighted by Gasteiger charge is 2.23. The maximum Gasteiger partial charge on any atom is 0.271 e. The number of benzene rings is 2. The molecule has 0 aliphatic carbocycles. The van der Waals surface area contributed by atoms with Crippen LogP contribution in [0.1, 0.15) is 15.9 Å². The van der Waals surface area contributed by atoms with Crippen molar-refractivity contribution in [2.45, 2.75) is 6.54 Å². The summed E-state index contributed by atoms with van der Waals surface area (Å²) in [5, 5.41) is 0.597. The molecule has 4 rings (SSSR count). The lowest BCUT2D eigenvalue weighted by Gasteiger charge is -2.34. The molecule has 0 saturated carbocycles. The molecule has 0 bridgehead atoms. The van der Waals surface area contributed by atoms with Crippen molar-refractivity contribution in [1.29, 1.82) is 0 Å². The Kier molecular flexibility index (Phi) is 6.39. The van der Waals surface area contributed by atoms with Gasteiger partial charge in [-0.2, -0.15) is 4.37 Å². The summed E-state index contributed by atoms with van der Waals surface area (Å²) in [5.74, 6) is 1.03. The molecule has 1 saturated heterocycles. The van der Waals surface area contributed by atoms with Crippen molar-refractivity contribution in [3.8, 4) is 5.88 Å². The van der Waals surface area contributed by atoms with Gasteiger partial charge in [0.2, 0.25) is 5.82 Å². The number of ether oxygens (including phenoxy) is 1. The Labute approximate surface area is 179 Å². The van der Waals surface area contributed by atoms with Crippen LogP contribution in [-0.4, -0.2) is 52.2 Å². The number of ketones is 1. The lowest BCUT2D eigenvalue weighted by atomic mass is 10.1. The first-order valence-electron chi connectivity index (χ1n) is 9.44. The second kappa shape index (κ2) is 9.35. The molecule has 1 aliphatic heterocycles. The van der Waals surface area contributed by atoms with Crippen LogP contribution in [0.15, 0.2) is 54.6 Å². The number of rotatable bonds is 7. The molecule has 1 aromatic heterocycles. The fourth-order valence-electron chi connectivity index (χ4n) is 3.27. The van der Waals surface area contributed by atoms with E-state index in [-0.39, 0.29) is 12.4 Å². The average molecular weight is 429 g/mol. The van der Waals surface area contributed by atoms with Crippen LogP contribution in [-0.2, 0) is 6.54 Å². The highest BCUT2D eigenvalue weighted by molar-refractivity contribution is 6.99. The molecule has 0 spiro atoms. The van der Waals surface area contributed by atoms with Gasteiger partial charge in [-0.3, -0.25) is 9.69 Å². The van der Waals surface area contributed by atoms with E-state index in [9.17, 15) is 4.79 Å². The zero-order valence-corrected chi connectivity index (χ0v) is 17.4. The molecule has 2 heterocycles. The average Bonchev–Trinajstić information content (AvgIpc) is 3.22. The van der Waals surface area contributed by atoms with Crippen LogP contribution in [0, 0.1) is 0 Å². The van der Waals surface area contributed by atoms with Crippen molar-refractivity contribution in [2.75, 3.05) is 37.7 Å². The van der Waals surface area contributed by atoms with Crippen LogP contribution < -0.4 is 9.64 Å². The van der Waals surface area contributed by atoms with Gasteiger partial charge in [0, 0.05) is 43.3 Å². The van der Waals surface area contributed by atoms with Crippen LogP contribution in [0.25, 0.3) is 0 Å². The maximum absolute atomic E-state index is 12.3. The summed E-state index contributed by atoms with van der Waals surface area (Å²) in [4.78, 5) is 16.9. The normalized spacial score (nSPS) is 14.7. The Morgan fingerprint density at radius 3 is 2.45 bits per heavy atom. The molecule has 29 heavy (non-hydrogen) atoms. The van der Waals surface area contributed by atoms with Crippen LogP contribution in [0.2, 0.25) is 5.02 Å². The smallest absolute Gasteiger partial charge is 0.271 e. The van der Waals surface area contributed by atoms with E-state index in [1.54, 1.807) is 24.3 Å². The molecule has 150 valence electrons. The fraction of sp³-hybridized carbons (Fsp3) is 0.286. The summed E-state index contributed by atoms with van der Waals surface area (Å²) in [7, 11) is 0. The first kappa shape index (κ1) is 19.8. The lowest BCUT2D eigenvalue weighted by Crippen LogP contribution is -2.46. The van der Waals surface area contributed by atoms with Crippen molar-refractivity contribution in [3.63, 3.8) is 0 Å². The van der Waals surface area contributed by atoms with Crippen molar-refractivity contribution in [1.82, 2.24) is 13.6 Å². The van der Waals surface area contributed by atoms with Gasteiger partial charge < -0.3 is 9.64 Å². The second-order valence-electron chi connectivity index (χ2n) is 6.86. The number of anilines is 1. The van der Waals surface area contributed by atoms with Crippen LogP contribution >= 0.6 is 23.3 Å². The van der Waals surface area contributed by atoms with Gasteiger partial charge in [-0.25, -0.2) is 0 Å². The van der Waals surface area contributed by atoms with E-state index in [1.165, 1.54) is 5.56 Å². The Balaban J connectivity index is 1.31. The quantitative estimate of drug-likeness (QED) is 0.534. The molecule has 0 amide bonds. The van der Waals surface area contributed by atoms with Crippen molar-refractivity contribution < 1.29 is 9.53 Å². The first-order valence-corrected chi connectivity index (χ1v) is 10.6. The number of aromatic nitrogens is 2. The molecular weight excluding hydrogens is 408 g/mol. The maximum atomic E-state index is 12.3. The second-order valence-corrected chi connectivity index (χ2v) is 7.83. The van der Waals surface area contributed by atoms with E-state index in [0.29, 0.717) is 16.5 Å². The van der Waals surface area contributed by atoms with E-state index >= 15 is 0 Å². The first-order chi connectivity index (χ1) is 14.2. The van der Waals surface area contributed by atoms with Crippen LogP contribution in [0.3, 0.4) is 0 Å². The number of carbonyl (C=O) groups excluding carboxylic acids is 1. The van der Waals surface area contributed by atoms with Gasteiger partial charge in [0.15, 0.2) is 12.4 Å². The third kappa shape index (κ3) is 5.12. The molecule has 1 aliphatic rings. The van der Waals surface area contributed by atoms with E-state index in [1.807, 2.05) is 6.07 Å². The van der Waals surface area contributed by atoms with Crippen LogP contribution in [0.4, 0.5) is 5.82 Å². The number of piperazine rings is 1. The topological polar surface area (TPSA) is 58.6 Å². The highest BCUT2D eigenvalue weighted by Crippen LogP contribution is 2.27. The fourth-order valence-corrected chi connectivity index (χ4v) is 3.92. The minimum atomic E-state index is -0.117. The summed E-state index contributed by atoms with van der Waals surface area (Å²) in [6.45, 7) is 4.45. The Bertz CT molecular complexity index is 941. The third-order valence-electron chi connectivity index (χ3n) is 4.87. The molecule has 0 unspecified atom stereocenters. The van der Waals surface area contributed by atoms with E-state index in [4.69, 9.17) is 16.3 Å². The minimum Gasteiger partial charge on any atom is -0.466 e. The van der Waals surface area contributed by atoms with Crippen molar-refractivity contribution >= 4 is 34.9 Å². The summed E-state index contributed by atoms with van der Waals surface area (Å²) in [6, 6.07) is 17.3. The molecule has 2 aromatic carbocycles. The molecular formula is C21H21ClN4O2S. The molecule has 3 aromatic rings. The molecule has 0 N–H and O–H groups in total. The Morgan fingerprint density at radius 1 is 1.00 bits per heavy atom. The number of hydrogen-bond acceptors (Lipinski definition) is 7. The number of nitrogens with zero attached hydrogens (tertiary/aromatic N) is 4. The van der Waals surface area contributed by atoms with Gasteiger partial charge in [-0.05, 0) is 29.8 Å². The van der Waals surface area contributed by atoms with Gasteiger partial charge >= 0.3 is 0 Å². The molecule has 0 radical (unpaired) electrons. The van der Waals surface area contributed by atoms with Gasteiger partial charge in [0.05, 0.1) is 11.7 Å². The summed E-state index contributed by atoms with van der Waals surface area (Å²) < 4.78 is 14.3. The van der Waals surface area contributed by atoms with Gasteiger partial charge in [0.1, 0.15) is 0 Å². The largest absolute Gasteiger partial charge is 0.466 e. The SMILES string of the molecule is O=C(COc1nsnc1N1CCN(Cc2ccccc2)CC1)c1ccc(Cl)cc1. The monoisotopic (exact) mass is 428 g/mol. The van der Waals surface area contributed by atoms with Crippen molar-refractivity contribution in [3.05, 3.63) is 70.7 Å². The van der Waals surface area contributed by atoms with E-state index < -0.39 is 0 Å². The Morgan fingerprint density at radius 2 is 1.72 bits per heavy atom. The number of halogens is 1. The molecule has 1 fully saturated rings. The number of hydrogen-bond donors (Lipinski definition) is 0. The number of carbonyl (C=O) groups is 1. The lowest BCUT2D eigenvalue weighted by molar-refractivity contribution is 0.0919. The van der Waals surface area contributed by atoms with Gasteiger partial charge in [-0.1, -0.05) is 41.9 Å². The van der Waals surface area contributed by atoms with Gasteiger partial charge in [-0.15, -0.1) is 4.37 Å². The summed E-state index contributed by atoms with van der Waals surface area (Å²) in [6.07, 6.45) is 0. The van der Waals surface area contributed by atoms with E-state index in [2.05, 4.69) is 42.8 Å². The van der Waals surface area contributed by atoms with Crippen LogP contribution in [0.5, 0.6) is 5.88 Å². The summed E-state index contributed by atoms with van der Waals surface area (Å²) in [5.41, 5.74) is 1.88. The molecule has 8 heteroatoms. The van der Waals surface area contributed by atoms with Gasteiger partial charge in [0.25, 0.3) is 5.88 Å². The zero-order chi connectivity index (χ0) is 20.1. The molecule has 6 nitrogen and oxygen atoms in total. The number of Topliss-reactive ketones (excluding diaryl/α,β-unsaturated/α-hetero) is 1. The third-order valence-corrected chi connectivity index (χ3v) is 5.62. The standard InChI is InChI=1S/C21H21ClN4O2S/c22-18-8-6-17(7-9-18)19(27)15-28-21-20(23-29-24-21)26-12-10-25(11-13-26)14-16-4-2-1-3-5-16/h1-9H,10-15H2. The minimum absolute atomic E-state index is 0.0754. The predicted octanol–water partition coefficient (Wildman–Crippen LogP) is 3.78. The highest BCUT2D eigenvalue weighted by atomic mass is 35.5. The zero-order valence-electron chi connectivity index (χ0n) is 15.8. The Hall–Kier alpha value is -2.48. The van der Waals surface area contributed by atoms with E-state index in [0.717, 1.165) is 50.3 Å². The van der Waals surface area contributed by atoms with Crippen molar-refractivity contribution in [2.24, 2.45) is 0 Å².